The van der Waals surface area contributed by atoms with Gasteiger partial charge in [-0.15, -0.1) is 0 Å². The van der Waals surface area contributed by atoms with Gasteiger partial charge in [0.05, 0.1) is 0 Å². The Morgan fingerprint density at radius 1 is 1.31 bits per heavy atom. The smallest absolute Gasteiger partial charge is 0.130 e. The fraction of sp³-hybridized carbons (Fsp3) is 0.615. The van der Waals surface area contributed by atoms with Gasteiger partial charge in [-0.05, 0) is 30.9 Å². The maximum Gasteiger partial charge on any atom is 0.130 e. The summed E-state index contributed by atoms with van der Waals surface area (Å²) in [5.74, 6) is 2.78. The minimum Gasteiger partial charge on any atom is -0.367 e. The Morgan fingerprint density at radius 2 is 2.12 bits per heavy atom. The maximum atomic E-state index is 4.58. The van der Waals surface area contributed by atoms with Gasteiger partial charge in [0, 0.05) is 20.1 Å². The molecule has 0 bridgehead atoms. The SMILES string of the molecule is CC1CCCC1Nc1cccc(N(C)C)n1. The minimum absolute atomic E-state index is 0.602. The summed E-state index contributed by atoms with van der Waals surface area (Å²) < 4.78 is 0. The summed E-state index contributed by atoms with van der Waals surface area (Å²) in [7, 11) is 4.04. The van der Waals surface area contributed by atoms with Crippen LogP contribution in [0.1, 0.15) is 26.2 Å². The summed E-state index contributed by atoms with van der Waals surface area (Å²) in [4.78, 5) is 6.62. The zero-order chi connectivity index (χ0) is 11.5. The van der Waals surface area contributed by atoms with Crippen LogP contribution in [0.5, 0.6) is 0 Å². The number of anilines is 2. The highest BCUT2D eigenvalue weighted by Gasteiger charge is 2.23. The van der Waals surface area contributed by atoms with Crippen molar-refractivity contribution in [1.82, 2.24) is 4.98 Å². The molecule has 1 aliphatic rings. The van der Waals surface area contributed by atoms with E-state index in [1.807, 2.05) is 25.1 Å². The molecule has 0 radical (unpaired) electrons. The summed E-state index contributed by atoms with van der Waals surface area (Å²) >= 11 is 0. The highest BCUT2D eigenvalue weighted by molar-refractivity contribution is 5.46. The Bertz CT molecular complexity index is 349. The number of pyridine rings is 1. The molecule has 0 saturated heterocycles. The third kappa shape index (κ3) is 2.46. The molecule has 88 valence electrons. The lowest BCUT2D eigenvalue weighted by molar-refractivity contribution is 0.555. The Kier molecular flexibility index (Phi) is 3.32. The first-order valence-electron chi connectivity index (χ1n) is 6.08. The van der Waals surface area contributed by atoms with E-state index in [1.54, 1.807) is 0 Å². The fourth-order valence-corrected chi connectivity index (χ4v) is 2.30. The largest absolute Gasteiger partial charge is 0.367 e. The first-order valence-corrected chi connectivity index (χ1v) is 6.08. The van der Waals surface area contributed by atoms with Crippen LogP contribution in [-0.4, -0.2) is 25.1 Å². The topological polar surface area (TPSA) is 28.2 Å². The van der Waals surface area contributed by atoms with Crippen molar-refractivity contribution in [2.45, 2.75) is 32.2 Å². The summed E-state index contributed by atoms with van der Waals surface area (Å²) in [6.45, 7) is 2.32. The maximum absolute atomic E-state index is 4.58. The third-order valence-electron chi connectivity index (χ3n) is 3.39. The highest BCUT2D eigenvalue weighted by atomic mass is 15.2. The van der Waals surface area contributed by atoms with Crippen LogP contribution in [0.3, 0.4) is 0 Å². The van der Waals surface area contributed by atoms with Crippen molar-refractivity contribution < 1.29 is 0 Å². The average molecular weight is 219 g/mol. The van der Waals surface area contributed by atoms with E-state index in [0.29, 0.717) is 6.04 Å². The molecule has 1 aromatic rings. The van der Waals surface area contributed by atoms with E-state index in [9.17, 15) is 0 Å². The molecule has 0 aromatic carbocycles. The van der Waals surface area contributed by atoms with Gasteiger partial charge in [-0.25, -0.2) is 4.98 Å². The van der Waals surface area contributed by atoms with E-state index in [1.165, 1.54) is 19.3 Å². The molecule has 1 N–H and O–H groups in total. The third-order valence-corrected chi connectivity index (χ3v) is 3.39. The van der Waals surface area contributed by atoms with Gasteiger partial charge in [0.2, 0.25) is 0 Å². The van der Waals surface area contributed by atoms with Crippen molar-refractivity contribution in [3.05, 3.63) is 18.2 Å². The molecule has 1 saturated carbocycles. The predicted octanol–water partition coefficient (Wildman–Crippen LogP) is 2.75. The van der Waals surface area contributed by atoms with E-state index in [-0.39, 0.29) is 0 Å². The van der Waals surface area contributed by atoms with E-state index >= 15 is 0 Å². The van der Waals surface area contributed by atoms with Crippen molar-refractivity contribution in [3.8, 4) is 0 Å². The Balaban J connectivity index is 2.06. The molecular formula is C13H21N3. The van der Waals surface area contributed by atoms with Crippen LogP contribution in [0, 0.1) is 5.92 Å². The molecule has 0 amide bonds. The van der Waals surface area contributed by atoms with E-state index in [0.717, 1.165) is 17.6 Å². The molecule has 2 atom stereocenters. The Morgan fingerprint density at radius 3 is 2.75 bits per heavy atom. The van der Waals surface area contributed by atoms with E-state index < -0.39 is 0 Å². The molecule has 3 nitrogen and oxygen atoms in total. The monoisotopic (exact) mass is 219 g/mol. The average Bonchev–Trinajstić information content (AvgIpc) is 2.65. The molecule has 1 fully saturated rings. The van der Waals surface area contributed by atoms with Crippen molar-refractivity contribution in [3.63, 3.8) is 0 Å². The molecule has 2 rings (SSSR count). The molecule has 1 heterocycles. The zero-order valence-corrected chi connectivity index (χ0v) is 10.4. The van der Waals surface area contributed by atoms with Crippen LogP contribution < -0.4 is 10.2 Å². The molecule has 2 unspecified atom stereocenters. The second-order valence-corrected chi connectivity index (χ2v) is 4.93. The van der Waals surface area contributed by atoms with E-state index in [2.05, 4.69) is 29.4 Å². The van der Waals surface area contributed by atoms with Crippen molar-refractivity contribution in [2.24, 2.45) is 5.92 Å². The summed E-state index contributed by atoms with van der Waals surface area (Å²) in [6.07, 6.45) is 3.95. The predicted molar refractivity (Wildman–Crippen MR) is 69.0 cm³/mol. The summed E-state index contributed by atoms with van der Waals surface area (Å²) in [6, 6.07) is 6.75. The van der Waals surface area contributed by atoms with Crippen molar-refractivity contribution >= 4 is 11.6 Å². The first kappa shape index (κ1) is 11.2. The van der Waals surface area contributed by atoms with Crippen LogP contribution in [0.15, 0.2) is 18.2 Å². The normalized spacial score (nSPS) is 24.4. The molecule has 3 heteroatoms. The van der Waals surface area contributed by atoms with Gasteiger partial charge >= 0.3 is 0 Å². The number of hydrogen-bond donors (Lipinski definition) is 1. The van der Waals surface area contributed by atoms with Crippen molar-refractivity contribution in [1.29, 1.82) is 0 Å². The number of aromatic nitrogens is 1. The number of nitrogens with zero attached hydrogens (tertiary/aromatic N) is 2. The van der Waals surface area contributed by atoms with Crippen LogP contribution in [-0.2, 0) is 0 Å². The number of hydrogen-bond acceptors (Lipinski definition) is 3. The quantitative estimate of drug-likeness (QED) is 0.847. The Hall–Kier alpha value is -1.25. The van der Waals surface area contributed by atoms with Gasteiger partial charge in [-0.3, -0.25) is 0 Å². The van der Waals surface area contributed by atoms with Crippen LogP contribution in [0.25, 0.3) is 0 Å². The van der Waals surface area contributed by atoms with Gasteiger partial charge < -0.3 is 10.2 Å². The fourth-order valence-electron chi connectivity index (χ4n) is 2.30. The minimum atomic E-state index is 0.602. The van der Waals surface area contributed by atoms with Gasteiger partial charge in [-0.1, -0.05) is 19.4 Å². The molecule has 0 spiro atoms. The first-order chi connectivity index (χ1) is 7.66. The van der Waals surface area contributed by atoms with Crippen molar-refractivity contribution in [2.75, 3.05) is 24.3 Å². The molecule has 0 aliphatic heterocycles. The lowest BCUT2D eigenvalue weighted by Gasteiger charge is -2.19. The van der Waals surface area contributed by atoms with Crippen LogP contribution >= 0.6 is 0 Å². The molecule has 1 aliphatic carbocycles. The number of rotatable bonds is 3. The van der Waals surface area contributed by atoms with Gasteiger partial charge in [0.1, 0.15) is 11.6 Å². The molecular weight excluding hydrogens is 198 g/mol. The van der Waals surface area contributed by atoms with Gasteiger partial charge in [0.15, 0.2) is 0 Å². The standard InChI is InChI=1S/C13H21N3/c1-10-6-4-7-11(10)14-12-8-5-9-13(15-12)16(2)3/h5,8-11H,4,6-7H2,1-3H3,(H,14,15). The Labute approximate surface area is 97.9 Å². The summed E-state index contributed by atoms with van der Waals surface area (Å²) in [5, 5.41) is 3.55. The zero-order valence-electron chi connectivity index (χ0n) is 10.4. The van der Waals surface area contributed by atoms with E-state index in [4.69, 9.17) is 0 Å². The number of nitrogens with one attached hydrogen (secondary N) is 1. The second kappa shape index (κ2) is 4.73. The lowest BCUT2D eigenvalue weighted by Crippen LogP contribution is -2.23. The molecule has 1 aromatic heterocycles. The highest BCUT2D eigenvalue weighted by Crippen LogP contribution is 2.27. The van der Waals surface area contributed by atoms with Crippen LogP contribution in [0.4, 0.5) is 11.6 Å². The van der Waals surface area contributed by atoms with Gasteiger partial charge in [0.25, 0.3) is 0 Å². The summed E-state index contributed by atoms with van der Waals surface area (Å²) in [5.41, 5.74) is 0. The second-order valence-electron chi connectivity index (χ2n) is 4.93. The lowest BCUT2D eigenvalue weighted by atomic mass is 10.1. The van der Waals surface area contributed by atoms with Gasteiger partial charge in [-0.2, -0.15) is 0 Å². The molecule has 16 heavy (non-hydrogen) atoms. The van der Waals surface area contributed by atoms with Crippen LogP contribution in [0.2, 0.25) is 0 Å².